The molecular formula is C22H18FN2O3+. The maximum Gasteiger partial charge on any atom is 0.244 e. The first-order valence-electron chi connectivity index (χ1n) is 9.26. The van der Waals surface area contributed by atoms with Crippen LogP contribution in [0.25, 0.3) is 6.08 Å². The standard InChI is InChI=1S/C22H17FN2O3/c1-12(26)19-17-18(20-16-8-3-2-5-13(16)9-10-24(19)20)22(28)25(21(17)27)15-7-4-6-14(23)11-15/h2-11,17-20H,1H3/p+1/t17-,18+,19-,20-/m1/s1. The first-order valence-corrected chi connectivity index (χ1v) is 9.26. The van der Waals surface area contributed by atoms with Gasteiger partial charge >= 0.3 is 0 Å². The number of nitrogens with zero attached hydrogens (tertiary/aromatic N) is 1. The summed E-state index contributed by atoms with van der Waals surface area (Å²) in [5.41, 5.74) is 2.16. The lowest BCUT2D eigenvalue weighted by molar-refractivity contribution is -0.884. The van der Waals surface area contributed by atoms with E-state index in [9.17, 15) is 18.8 Å². The van der Waals surface area contributed by atoms with Crippen molar-refractivity contribution < 1.29 is 23.7 Å². The fraction of sp³-hybridized carbons (Fsp3) is 0.227. The fourth-order valence-corrected chi connectivity index (χ4v) is 5.09. The van der Waals surface area contributed by atoms with Gasteiger partial charge in [-0.25, -0.2) is 9.29 Å². The molecule has 1 N–H and O–H groups in total. The average Bonchev–Trinajstić information content (AvgIpc) is 3.15. The molecule has 0 radical (unpaired) electrons. The van der Waals surface area contributed by atoms with Gasteiger partial charge in [-0.05, 0) is 29.8 Å². The molecule has 5 rings (SSSR count). The maximum absolute atomic E-state index is 13.7. The Morgan fingerprint density at radius 3 is 2.54 bits per heavy atom. The van der Waals surface area contributed by atoms with E-state index in [0.29, 0.717) is 0 Å². The average molecular weight is 377 g/mol. The van der Waals surface area contributed by atoms with E-state index in [2.05, 4.69) is 0 Å². The van der Waals surface area contributed by atoms with E-state index >= 15 is 0 Å². The molecule has 2 amide bonds. The van der Waals surface area contributed by atoms with E-state index < -0.39 is 29.6 Å². The molecule has 2 fully saturated rings. The first kappa shape index (κ1) is 17.0. The maximum atomic E-state index is 13.7. The van der Waals surface area contributed by atoms with E-state index in [1.165, 1.54) is 25.1 Å². The normalized spacial score (nSPS) is 30.2. The summed E-state index contributed by atoms with van der Waals surface area (Å²) >= 11 is 0. The Kier molecular flexibility index (Phi) is 3.61. The van der Waals surface area contributed by atoms with Crippen LogP contribution in [-0.2, 0) is 14.4 Å². The van der Waals surface area contributed by atoms with Crippen LogP contribution in [0.2, 0.25) is 0 Å². The number of hydrogen-bond acceptors (Lipinski definition) is 3. The van der Waals surface area contributed by atoms with Gasteiger partial charge in [-0.3, -0.25) is 19.3 Å². The highest BCUT2D eigenvalue weighted by molar-refractivity contribution is 6.23. The van der Waals surface area contributed by atoms with Gasteiger partial charge in [0.25, 0.3) is 0 Å². The molecule has 0 aliphatic carbocycles. The van der Waals surface area contributed by atoms with Crippen LogP contribution in [0.3, 0.4) is 0 Å². The quantitative estimate of drug-likeness (QED) is 0.808. The molecule has 3 aliphatic heterocycles. The number of Topliss-reactive ketones (excluding diaryl/α,β-unsaturated/α-hetero) is 1. The number of imide groups is 1. The van der Waals surface area contributed by atoms with Crippen LogP contribution in [0.5, 0.6) is 0 Å². The van der Waals surface area contributed by atoms with E-state index in [-0.39, 0.29) is 23.4 Å². The molecule has 3 heterocycles. The number of ketones is 1. The lowest BCUT2D eigenvalue weighted by Crippen LogP contribution is -3.12. The number of quaternary nitrogens is 1. The molecule has 1 unspecified atom stereocenters. The Bertz CT molecular complexity index is 1060. The second-order valence-corrected chi connectivity index (χ2v) is 7.57. The van der Waals surface area contributed by atoms with Crippen molar-refractivity contribution in [3.8, 4) is 0 Å². The fourth-order valence-electron chi connectivity index (χ4n) is 5.09. The lowest BCUT2D eigenvalue weighted by atomic mass is 9.84. The number of hydrogen-bond donors (Lipinski definition) is 1. The summed E-state index contributed by atoms with van der Waals surface area (Å²) in [6.07, 6.45) is 3.84. The minimum absolute atomic E-state index is 0.126. The van der Waals surface area contributed by atoms with Crippen molar-refractivity contribution >= 4 is 29.4 Å². The Morgan fingerprint density at radius 1 is 1.04 bits per heavy atom. The monoisotopic (exact) mass is 377 g/mol. The summed E-state index contributed by atoms with van der Waals surface area (Å²) in [4.78, 5) is 41.1. The van der Waals surface area contributed by atoms with Gasteiger partial charge in [0.15, 0.2) is 11.8 Å². The number of halogens is 1. The Balaban J connectivity index is 1.66. The van der Waals surface area contributed by atoms with Crippen molar-refractivity contribution in [2.24, 2.45) is 11.8 Å². The Labute approximate surface area is 161 Å². The van der Waals surface area contributed by atoms with Gasteiger partial charge in [-0.2, -0.15) is 0 Å². The second kappa shape index (κ2) is 5.94. The van der Waals surface area contributed by atoms with Crippen molar-refractivity contribution in [2.75, 3.05) is 4.90 Å². The van der Waals surface area contributed by atoms with Gasteiger partial charge in [0.05, 0.1) is 11.9 Å². The predicted molar refractivity (Wildman–Crippen MR) is 99.5 cm³/mol. The van der Waals surface area contributed by atoms with Crippen LogP contribution in [0.15, 0.2) is 54.7 Å². The van der Waals surface area contributed by atoms with Gasteiger partial charge in [-0.15, -0.1) is 0 Å². The third-order valence-electron chi connectivity index (χ3n) is 6.13. The number of fused-ring (bicyclic) bond motifs is 5. The Hall–Kier alpha value is -3.12. The second-order valence-electron chi connectivity index (χ2n) is 7.57. The molecule has 2 aromatic rings. The van der Waals surface area contributed by atoms with Crippen LogP contribution in [-0.4, -0.2) is 23.6 Å². The third kappa shape index (κ3) is 2.18. The predicted octanol–water partition coefficient (Wildman–Crippen LogP) is 1.51. The highest BCUT2D eigenvalue weighted by Crippen LogP contribution is 2.44. The number of amides is 2. The number of rotatable bonds is 2. The molecule has 140 valence electrons. The van der Waals surface area contributed by atoms with Crippen molar-refractivity contribution in [2.45, 2.75) is 19.0 Å². The van der Waals surface area contributed by atoms with E-state index in [1.807, 2.05) is 36.5 Å². The summed E-state index contributed by atoms with van der Waals surface area (Å²) in [6, 6.07) is 12.3. The number of benzene rings is 2. The molecule has 0 bridgehead atoms. The topological polar surface area (TPSA) is 58.9 Å². The van der Waals surface area contributed by atoms with Gasteiger partial charge in [-0.1, -0.05) is 30.3 Å². The molecular weight excluding hydrogens is 359 g/mol. The van der Waals surface area contributed by atoms with Crippen LogP contribution in [0.4, 0.5) is 10.1 Å². The van der Waals surface area contributed by atoms with E-state index in [1.54, 1.807) is 6.07 Å². The minimum atomic E-state index is -0.746. The molecule has 0 spiro atoms. The summed E-state index contributed by atoms with van der Waals surface area (Å²) in [7, 11) is 0. The van der Waals surface area contributed by atoms with Crippen LogP contribution in [0.1, 0.15) is 24.1 Å². The zero-order valence-corrected chi connectivity index (χ0v) is 15.1. The van der Waals surface area contributed by atoms with Crippen LogP contribution in [0, 0.1) is 17.7 Å². The largest absolute Gasteiger partial charge is 0.293 e. The third-order valence-corrected chi connectivity index (χ3v) is 6.13. The van der Waals surface area contributed by atoms with Crippen molar-refractivity contribution in [1.29, 1.82) is 0 Å². The van der Waals surface area contributed by atoms with Gasteiger partial charge in [0.2, 0.25) is 11.8 Å². The number of anilines is 1. The molecule has 5 atom stereocenters. The summed E-state index contributed by atoms with van der Waals surface area (Å²) < 4.78 is 13.7. The van der Waals surface area contributed by atoms with Gasteiger partial charge < -0.3 is 0 Å². The molecule has 2 saturated heterocycles. The van der Waals surface area contributed by atoms with E-state index in [0.717, 1.165) is 20.9 Å². The molecule has 3 aliphatic rings. The molecule has 0 aromatic heterocycles. The zero-order chi connectivity index (χ0) is 19.6. The summed E-state index contributed by atoms with van der Waals surface area (Å²) in [5.74, 6) is -2.82. The van der Waals surface area contributed by atoms with Gasteiger partial charge in [0, 0.05) is 12.5 Å². The Morgan fingerprint density at radius 2 is 1.79 bits per heavy atom. The van der Waals surface area contributed by atoms with Crippen molar-refractivity contribution in [1.82, 2.24) is 0 Å². The van der Waals surface area contributed by atoms with E-state index in [4.69, 9.17) is 0 Å². The molecule has 28 heavy (non-hydrogen) atoms. The highest BCUT2D eigenvalue weighted by Gasteiger charge is 2.67. The number of carbonyl (C=O) groups is 3. The molecule has 5 nitrogen and oxygen atoms in total. The smallest absolute Gasteiger partial charge is 0.244 e. The SMILES string of the molecule is CC(=O)[C@@H]1[C@@H]2C(=O)N(c3cccc(F)c3)C(=O)[C@@H]2[C@H]2c3ccccc3C=C[NH+]12. The minimum Gasteiger partial charge on any atom is -0.293 e. The number of nitrogens with one attached hydrogen (secondary N) is 1. The number of carbonyl (C=O) groups excluding carboxylic acids is 3. The van der Waals surface area contributed by atoms with Gasteiger partial charge in [0.1, 0.15) is 23.7 Å². The van der Waals surface area contributed by atoms with Crippen LogP contribution >= 0.6 is 0 Å². The van der Waals surface area contributed by atoms with Crippen molar-refractivity contribution in [3.05, 3.63) is 71.7 Å². The summed E-state index contributed by atoms with van der Waals surface area (Å²) in [6.45, 7) is 1.47. The summed E-state index contributed by atoms with van der Waals surface area (Å²) in [5, 5.41) is 0. The van der Waals surface area contributed by atoms with Crippen molar-refractivity contribution in [3.63, 3.8) is 0 Å². The molecule has 2 aromatic carbocycles. The van der Waals surface area contributed by atoms with Crippen LogP contribution < -0.4 is 9.80 Å². The highest BCUT2D eigenvalue weighted by atomic mass is 19.1. The molecule has 0 saturated carbocycles. The first-order chi connectivity index (χ1) is 13.5. The zero-order valence-electron chi connectivity index (χ0n) is 15.1. The lowest BCUT2D eigenvalue weighted by Gasteiger charge is -2.30. The molecule has 6 heteroatoms.